The number of ether oxygens (including phenoxy) is 2. The fourth-order valence-electron chi connectivity index (χ4n) is 4.77. The summed E-state index contributed by atoms with van der Waals surface area (Å²) in [4.78, 5) is 2.45. The van der Waals surface area contributed by atoms with Crippen molar-refractivity contribution in [2.24, 2.45) is 0 Å². The molecule has 1 fully saturated rings. The van der Waals surface area contributed by atoms with Crippen molar-refractivity contribution < 1.29 is 9.47 Å². The van der Waals surface area contributed by atoms with E-state index in [1.54, 1.807) is 0 Å². The van der Waals surface area contributed by atoms with E-state index in [-0.39, 0.29) is 5.54 Å². The zero-order valence-electron chi connectivity index (χ0n) is 18.8. The summed E-state index contributed by atoms with van der Waals surface area (Å²) < 4.78 is 12.7. The highest BCUT2D eigenvalue weighted by Crippen LogP contribution is 2.41. The van der Waals surface area contributed by atoms with Crippen LogP contribution in [-0.4, -0.2) is 36.9 Å². The van der Waals surface area contributed by atoms with Gasteiger partial charge >= 0.3 is 0 Å². The van der Waals surface area contributed by atoms with Gasteiger partial charge in [-0.05, 0) is 43.4 Å². The van der Waals surface area contributed by atoms with Crippen molar-refractivity contribution in [3.63, 3.8) is 0 Å². The minimum atomic E-state index is -0.683. The van der Waals surface area contributed by atoms with Crippen LogP contribution < -0.4 is 0 Å². The third-order valence-electron chi connectivity index (χ3n) is 6.62. The van der Waals surface area contributed by atoms with E-state index in [0.717, 1.165) is 36.1 Å². The summed E-state index contributed by atoms with van der Waals surface area (Å²) in [7, 11) is 1.82. The summed E-state index contributed by atoms with van der Waals surface area (Å²) in [5, 5.41) is 0. The molecule has 0 N–H and O–H groups in total. The number of likely N-dealkylation sites (tertiary alicyclic amines) is 1. The molecule has 0 amide bonds. The van der Waals surface area contributed by atoms with Crippen LogP contribution >= 0.6 is 0 Å². The maximum Gasteiger partial charge on any atom is 0.145 e. The van der Waals surface area contributed by atoms with Gasteiger partial charge in [0.2, 0.25) is 0 Å². The first-order valence-corrected chi connectivity index (χ1v) is 11.1. The number of methoxy groups -OCH3 is 1. The molecule has 0 spiro atoms. The molecule has 3 nitrogen and oxygen atoms in total. The molecule has 1 heterocycles. The van der Waals surface area contributed by atoms with Crippen LogP contribution in [0.1, 0.15) is 43.4 Å². The Balaban J connectivity index is 1.76. The normalized spacial score (nSPS) is 19.3. The van der Waals surface area contributed by atoms with Gasteiger partial charge in [0, 0.05) is 19.2 Å². The molecule has 0 saturated carbocycles. The summed E-state index contributed by atoms with van der Waals surface area (Å²) in [5.74, 6) is 0. The number of nitrogens with zero attached hydrogens (tertiary/aromatic N) is 1. The standard InChI is InChI=1S/C28H33NO2/c1-27(2)21-26(30-3)19-20-29(27)22-31-28(23-13-7-4-8-14-23,24-15-9-5-10-16-24)25-17-11-6-12-18-25/h4-18,26H,19-22H2,1-3H3. The van der Waals surface area contributed by atoms with Gasteiger partial charge < -0.3 is 9.47 Å². The van der Waals surface area contributed by atoms with Crippen LogP contribution in [-0.2, 0) is 15.1 Å². The Labute approximate surface area is 186 Å². The lowest BCUT2D eigenvalue weighted by atomic mass is 9.80. The van der Waals surface area contributed by atoms with Gasteiger partial charge in [0.25, 0.3) is 0 Å². The Morgan fingerprint density at radius 1 is 0.806 bits per heavy atom. The molecule has 162 valence electrons. The van der Waals surface area contributed by atoms with Crippen LogP contribution in [0, 0.1) is 0 Å². The van der Waals surface area contributed by atoms with E-state index in [9.17, 15) is 0 Å². The highest BCUT2D eigenvalue weighted by molar-refractivity contribution is 5.47. The molecule has 1 saturated heterocycles. The first-order valence-electron chi connectivity index (χ1n) is 11.1. The molecule has 1 unspecified atom stereocenters. The topological polar surface area (TPSA) is 21.7 Å². The second-order valence-electron chi connectivity index (χ2n) is 8.98. The second kappa shape index (κ2) is 9.35. The summed E-state index contributed by atoms with van der Waals surface area (Å²) in [6.07, 6.45) is 2.34. The van der Waals surface area contributed by atoms with Gasteiger partial charge in [0.15, 0.2) is 0 Å². The van der Waals surface area contributed by atoms with Gasteiger partial charge in [-0.3, -0.25) is 4.90 Å². The summed E-state index contributed by atoms with van der Waals surface area (Å²) in [6.45, 7) is 6.08. The second-order valence-corrected chi connectivity index (χ2v) is 8.98. The maximum absolute atomic E-state index is 7.02. The van der Waals surface area contributed by atoms with Crippen molar-refractivity contribution in [1.82, 2.24) is 4.90 Å². The van der Waals surface area contributed by atoms with Gasteiger partial charge in [-0.2, -0.15) is 0 Å². The molecular formula is C28H33NO2. The molecule has 3 heteroatoms. The van der Waals surface area contributed by atoms with Crippen molar-refractivity contribution >= 4 is 0 Å². The van der Waals surface area contributed by atoms with E-state index in [0.29, 0.717) is 12.8 Å². The van der Waals surface area contributed by atoms with Crippen LogP contribution in [0.5, 0.6) is 0 Å². The average Bonchev–Trinajstić information content (AvgIpc) is 2.82. The lowest BCUT2D eigenvalue weighted by Gasteiger charge is -2.47. The number of hydrogen-bond donors (Lipinski definition) is 0. The highest BCUT2D eigenvalue weighted by Gasteiger charge is 2.41. The third-order valence-corrected chi connectivity index (χ3v) is 6.62. The molecule has 3 aromatic carbocycles. The van der Waals surface area contributed by atoms with Gasteiger partial charge in [-0.15, -0.1) is 0 Å². The Hall–Kier alpha value is -2.46. The van der Waals surface area contributed by atoms with Gasteiger partial charge in [-0.25, -0.2) is 0 Å². The average molecular weight is 416 g/mol. The van der Waals surface area contributed by atoms with Gasteiger partial charge in [-0.1, -0.05) is 91.0 Å². The van der Waals surface area contributed by atoms with E-state index in [1.165, 1.54) is 0 Å². The van der Waals surface area contributed by atoms with E-state index >= 15 is 0 Å². The van der Waals surface area contributed by atoms with Crippen molar-refractivity contribution in [3.05, 3.63) is 108 Å². The predicted octanol–water partition coefficient (Wildman–Crippen LogP) is 5.84. The predicted molar refractivity (Wildman–Crippen MR) is 126 cm³/mol. The molecule has 0 aliphatic carbocycles. The molecule has 1 aliphatic rings. The van der Waals surface area contributed by atoms with Crippen LogP contribution in [0.15, 0.2) is 91.0 Å². The minimum absolute atomic E-state index is 0.00866. The first kappa shape index (κ1) is 21.8. The lowest BCUT2D eigenvalue weighted by Crippen LogP contribution is -2.53. The van der Waals surface area contributed by atoms with E-state index in [1.807, 2.05) is 7.11 Å². The third kappa shape index (κ3) is 4.45. The van der Waals surface area contributed by atoms with Crippen molar-refractivity contribution in [2.45, 2.75) is 43.9 Å². The highest BCUT2D eigenvalue weighted by atomic mass is 16.5. The van der Waals surface area contributed by atoms with E-state index in [4.69, 9.17) is 9.47 Å². The fraction of sp³-hybridized carbons (Fsp3) is 0.357. The number of piperidine rings is 1. The van der Waals surface area contributed by atoms with Gasteiger partial charge in [0.05, 0.1) is 6.10 Å². The largest absolute Gasteiger partial charge is 0.381 e. The van der Waals surface area contributed by atoms with Crippen molar-refractivity contribution in [1.29, 1.82) is 0 Å². The number of rotatable bonds is 7. The molecule has 1 atom stereocenters. The molecule has 1 aliphatic heterocycles. The molecule has 3 aromatic rings. The SMILES string of the molecule is COC1CCN(COC(c2ccccc2)(c2ccccc2)c2ccccc2)C(C)(C)C1. The Kier molecular flexibility index (Phi) is 6.57. The quantitative estimate of drug-likeness (QED) is 0.452. The Bertz CT molecular complexity index is 844. The van der Waals surface area contributed by atoms with Gasteiger partial charge in [0.1, 0.15) is 12.3 Å². The summed E-state index contributed by atoms with van der Waals surface area (Å²) in [5.41, 5.74) is 2.73. The number of hydrogen-bond acceptors (Lipinski definition) is 3. The molecule has 0 aromatic heterocycles. The Morgan fingerprint density at radius 2 is 1.26 bits per heavy atom. The molecule has 4 rings (SSSR count). The van der Waals surface area contributed by atoms with E-state index in [2.05, 4.69) is 110 Å². The smallest absolute Gasteiger partial charge is 0.145 e. The summed E-state index contributed by atoms with van der Waals surface area (Å²) in [6, 6.07) is 31.7. The lowest BCUT2D eigenvalue weighted by molar-refractivity contribution is -0.114. The van der Waals surface area contributed by atoms with Crippen LogP contribution in [0.2, 0.25) is 0 Å². The summed E-state index contributed by atoms with van der Waals surface area (Å²) >= 11 is 0. The van der Waals surface area contributed by atoms with Crippen molar-refractivity contribution in [3.8, 4) is 0 Å². The van der Waals surface area contributed by atoms with Crippen LogP contribution in [0.3, 0.4) is 0 Å². The van der Waals surface area contributed by atoms with Crippen LogP contribution in [0.25, 0.3) is 0 Å². The monoisotopic (exact) mass is 415 g/mol. The minimum Gasteiger partial charge on any atom is -0.381 e. The zero-order chi connectivity index (χ0) is 21.7. The van der Waals surface area contributed by atoms with Crippen molar-refractivity contribution in [2.75, 3.05) is 20.4 Å². The number of benzene rings is 3. The first-order chi connectivity index (χ1) is 15.1. The van der Waals surface area contributed by atoms with E-state index < -0.39 is 5.60 Å². The zero-order valence-corrected chi connectivity index (χ0v) is 18.8. The maximum atomic E-state index is 7.02. The molecule has 0 bridgehead atoms. The molecule has 31 heavy (non-hydrogen) atoms. The fourth-order valence-corrected chi connectivity index (χ4v) is 4.77. The molecular weight excluding hydrogens is 382 g/mol. The Morgan fingerprint density at radius 3 is 1.65 bits per heavy atom. The molecule has 0 radical (unpaired) electrons. The van der Waals surface area contributed by atoms with Crippen LogP contribution in [0.4, 0.5) is 0 Å².